The number of hydrogen-bond acceptors (Lipinski definition) is 2. The van der Waals surface area contributed by atoms with Crippen molar-refractivity contribution in [3.8, 4) is 0 Å². The van der Waals surface area contributed by atoms with Crippen LogP contribution in [0.3, 0.4) is 0 Å². The summed E-state index contributed by atoms with van der Waals surface area (Å²) in [6.07, 6.45) is 0. The molecule has 1 heterocycles. The molecule has 0 amide bonds. The highest BCUT2D eigenvalue weighted by atomic mass is 14.9. The van der Waals surface area contributed by atoms with E-state index in [1.807, 2.05) is 0 Å². The quantitative estimate of drug-likeness (QED) is 0.676. The van der Waals surface area contributed by atoms with Crippen LogP contribution in [0, 0.1) is 0 Å². The molecule has 3 N–H and O–H groups in total. The van der Waals surface area contributed by atoms with Gasteiger partial charge in [-0.05, 0) is 11.1 Å². The molecule has 2 heteroatoms. The van der Waals surface area contributed by atoms with Gasteiger partial charge in [-0.3, -0.25) is 0 Å². The van der Waals surface area contributed by atoms with Crippen LogP contribution in [-0.2, 0) is 6.54 Å². The van der Waals surface area contributed by atoms with E-state index in [-0.39, 0.29) is 0 Å². The number of nitrogens with two attached hydrogens (primary N) is 1. The Kier molecular flexibility index (Phi) is 2.11. The highest BCUT2D eigenvalue weighted by Gasteiger charge is 2.18. The minimum atomic E-state index is 0.647. The average Bonchev–Trinajstić information content (AvgIpc) is 2.02. The number of hydrogen-bond donors (Lipinski definition) is 2. The molecule has 0 unspecified atom stereocenters. The van der Waals surface area contributed by atoms with E-state index in [0.717, 1.165) is 19.0 Å². The number of rotatable bonds is 2. The number of nitrogens with one attached hydrogen (secondary N) is 1. The molecule has 12 heavy (non-hydrogen) atoms. The molecular formula is C10H14N2. The zero-order valence-electron chi connectivity index (χ0n) is 7.09. The standard InChI is InChI=1S/C10H14N2/c11-5-8-2-1-3-9(4-8)10-6-12-7-10/h1-4,10,12H,5-7,11H2. The first-order valence-corrected chi connectivity index (χ1v) is 4.40. The van der Waals surface area contributed by atoms with Crippen LogP contribution in [0.1, 0.15) is 17.0 Å². The second kappa shape index (κ2) is 3.25. The van der Waals surface area contributed by atoms with Gasteiger partial charge in [-0.1, -0.05) is 24.3 Å². The molecule has 0 radical (unpaired) electrons. The largest absolute Gasteiger partial charge is 0.326 e. The summed E-state index contributed by atoms with van der Waals surface area (Å²) >= 11 is 0. The summed E-state index contributed by atoms with van der Waals surface area (Å²) in [4.78, 5) is 0. The van der Waals surface area contributed by atoms with Gasteiger partial charge in [0.05, 0.1) is 0 Å². The highest BCUT2D eigenvalue weighted by molar-refractivity contribution is 5.28. The molecular weight excluding hydrogens is 148 g/mol. The van der Waals surface area contributed by atoms with E-state index in [1.54, 1.807) is 0 Å². The van der Waals surface area contributed by atoms with Gasteiger partial charge in [0.15, 0.2) is 0 Å². The molecule has 1 aliphatic heterocycles. The van der Waals surface area contributed by atoms with Crippen LogP contribution in [0.2, 0.25) is 0 Å². The monoisotopic (exact) mass is 162 g/mol. The van der Waals surface area contributed by atoms with E-state index < -0.39 is 0 Å². The van der Waals surface area contributed by atoms with Crippen molar-refractivity contribution in [3.05, 3.63) is 35.4 Å². The van der Waals surface area contributed by atoms with Gasteiger partial charge < -0.3 is 11.1 Å². The predicted molar refractivity (Wildman–Crippen MR) is 49.9 cm³/mol. The average molecular weight is 162 g/mol. The zero-order valence-corrected chi connectivity index (χ0v) is 7.09. The van der Waals surface area contributed by atoms with Crippen LogP contribution in [0.4, 0.5) is 0 Å². The van der Waals surface area contributed by atoms with Crippen molar-refractivity contribution in [1.82, 2.24) is 5.32 Å². The normalized spacial score (nSPS) is 17.4. The molecule has 64 valence electrons. The molecule has 1 fully saturated rings. The lowest BCUT2D eigenvalue weighted by Gasteiger charge is -2.27. The van der Waals surface area contributed by atoms with Gasteiger partial charge in [0.2, 0.25) is 0 Å². The second-order valence-corrected chi connectivity index (χ2v) is 3.30. The summed E-state index contributed by atoms with van der Waals surface area (Å²) in [6, 6.07) is 8.57. The Morgan fingerprint density at radius 2 is 2.25 bits per heavy atom. The summed E-state index contributed by atoms with van der Waals surface area (Å²) < 4.78 is 0. The van der Waals surface area contributed by atoms with Gasteiger partial charge in [-0.25, -0.2) is 0 Å². The Bertz CT molecular complexity index is 266. The third kappa shape index (κ3) is 1.36. The molecule has 0 aliphatic carbocycles. The molecule has 0 saturated carbocycles. The molecule has 1 saturated heterocycles. The summed E-state index contributed by atoms with van der Waals surface area (Å²) in [5, 5.41) is 3.27. The Morgan fingerprint density at radius 3 is 2.83 bits per heavy atom. The van der Waals surface area contributed by atoms with E-state index in [9.17, 15) is 0 Å². The molecule has 0 aromatic heterocycles. The third-order valence-corrected chi connectivity index (χ3v) is 2.44. The minimum Gasteiger partial charge on any atom is -0.326 e. The maximum absolute atomic E-state index is 5.56. The summed E-state index contributed by atoms with van der Waals surface area (Å²) in [5.41, 5.74) is 8.23. The van der Waals surface area contributed by atoms with Gasteiger partial charge >= 0.3 is 0 Å². The fourth-order valence-corrected chi connectivity index (χ4v) is 1.50. The highest BCUT2D eigenvalue weighted by Crippen LogP contribution is 2.20. The van der Waals surface area contributed by atoms with E-state index in [1.165, 1.54) is 11.1 Å². The molecule has 0 bridgehead atoms. The van der Waals surface area contributed by atoms with Crippen molar-refractivity contribution in [1.29, 1.82) is 0 Å². The van der Waals surface area contributed by atoms with Crippen molar-refractivity contribution >= 4 is 0 Å². The molecule has 0 spiro atoms. The maximum Gasteiger partial charge on any atom is 0.0178 e. The summed E-state index contributed by atoms with van der Waals surface area (Å²) in [5.74, 6) is 0.719. The summed E-state index contributed by atoms with van der Waals surface area (Å²) in [7, 11) is 0. The van der Waals surface area contributed by atoms with Crippen molar-refractivity contribution in [3.63, 3.8) is 0 Å². The van der Waals surface area contributed by atoms with E-state index in [0.29, 0.717) is 6.54 Å². The number of benzene rings is 1. The first-order valence-electron chi connectivity index (χ1n) is 4.40. The topological polar surface area (TPSA) is 38.0 Å². The molecule has 2 rings (SSSR count). The van der Waals surface area contributed by atoms with Gasteiger partial charge in [-0.15, -0.1) is 0 Å². The Hall–Kier alpha value is -0.860. The van der Waals surface area contributed by atoms with Crippen molar-refractivity contribution in [2.75, 3.05) is 13.1 Å². The lowest BCUT2D eigenvalue weighted by molar-refractivity contribution is 0.448. The minimum absolute atomic E-state index is 0.647. The zero-order chi connectivity index (χ0) is 8.39. The Morgan fingerprint density at radius 1 is 1.42 bits per heavy atom. The Labute approximate surface area is 72.8 Å². The fraction of sp³-hybridized carbons (Fsp3) is 0.400. The van der Waals surface area contributed by atoms with Crippen LogP contribution in [0.5, 0.6) is 0 Å². The van der Waals surface area contributed by atoms with Crippen LogP contribution < -0.4 is 11.1 Å². The lowest BCUT2D eigenvalue weighted by Crippen LogP contribution is -2.39. The molecule has 0 atom stereocenters. The Balaban J connectivity index is 2.19. The van der Waals surface area contributed by atoms with Gasteiger partial charge in [0.25, 0.3) is 0 Å². The van der Waals surface area contributed by atoms with Gasteiger partial charge in [0, 0.05) is 25.6 Å². The lowest BCUT2D eigenvalue weighted by atomic mass is 9.92. The molecule has 1 aliphatic rings. The van der Waals surface area contributed by atoms with E-state index in [2.05, 4.69) is 29.6 Å². The molecule has 1 aromatic rings. The smallest absolute Gasteiger partial charge is 0.0178 e. The maximum atomic E-state index is 5.56. The molecule has 2 nitrogen and oxygen atoms in total. The first kappa shape index (κ1) is 7.77. The first-order chi connectivity index (χ1) is 5.90. The van der Waals surface area contributed by atoms with E-state index in [4.69, 9.17) is 5.73 Å². The van der Waals surface area contributed by atoms with Crippen LogP contribution in [0.15, 0.2) is 24.3 Å². The van der Waals surface area contributed by atoms with Crippen LogP contribution in [-0.4, -0.2) is 13.1 Å². The predicted octanol–water partition coefficient (Wildman–Crippen LogP) is 0.832. The third-order valence-electron chi connectivity index (χ3n) is 2.44. The SMILES string of the molecule is NCc1cccc(C2CNC2)c1. The van der Waals surface area contributed by atoms with Gasteiger partial charge in [0.1, 0.15) is 0 Å². The van der Waals surface area contributed by atoms with Crippen LogP contribution in [0.25, 0.3) is 0 Å². The van der Waals surface area contributed by atoms with Crippen molar-refractivity contribution in [2.45, 2.75) is 12.5 Å². The van der Waals surface area contributed by atoms with E-state index >= 15 is 0 Å². The summed E-state index contributed by atoms with van der Waals surface area (Å²) in [6.45, 7) is 2.88. The fourth-order valence-electron chi connectivity index (χ4n) is 1.50. The van der Waals surface area contributed by atoms with Crippen molar-refractivity contribution < 1.29 is 0 Å². The van der Waals surface area contributed by atoms with Crippen LogP contribution >= 0.6 is 0 Å². The van der Waals surface area contributed by atoms with Gasteiger partial charge in [-0.2, -0.15) is 0 Å². The second-order valence-electron chi connectivity index (χ2n) is 3.30. The molecule has 1 aromatic carbocycles. The van der Waals surface area contributed by atoms with Crippen molar-refractivity contribution in [2.24, 2.45) is 5.73 Å².